The molecule has 1 aromatic rings. The molecule has 2 fully saturated rings. The Morgan fingerprint density at radius 2 is 1.90 bits per heavy atom. The third-order valence-corrected chi connectivity index (χ3v) is 5.03. The smallest absolute Gasteiger partial charge is 0.138 e. The van der Waals surface area contributed by atoms with Crippen LogP contribution in [0.3, 0.4) is 0 Å². The van der Waals surface area contributed by atoms with Crippen molar-refractivity contribution in [1.82, 2.24) is 10.2 Å². The van der Waals surface area contributed by atoms with Crippen molar-refractivity contribution in [2.75, 3.05) is 26.2 Å². The van der Waals surface area contributed by atoms with E-state index in [0.29, 0.717) is 17.0 Å². The van der Waals surface area contributed by atoms with Gasteiger partial charge in [0.15, 0.2) is 0 Å². The molecular formula is C16H23ClN2O. The number of phenolic OH excluding ortho intramolecular Hbond substituents is 1. The highest BCUT2D eigenvalue weighted by Gasteiger charge is 2.33. The molecule has 110 valence electrons. The van der Waals surface area contributed by atoms with Gasteiger partial charge in [-0.05, 0) is 24.8 Å². The van der Waals surface area contributed by atoms with Gasteiger partial charge in [0.1, 0.15) is 5.75 Å². The molecule has 2 N–H and O–H groups in total. The van der Waals surface area contributed by atoms with Gasteiger partial charge >= 0.3 is 0 Å². The molecule has 1 atom stereocenters. The zero-order valence-corrected chi connectivity index (χ0v) is 12.6. The number of hydrogen-bond acceptors (Lipinski definition) is 3. The molecule has 0 bridgehead atoms. The molecule has 3 nitrogen and oxygen atoms in total. The van der Waals surface area contributed by atoms with Crippen molar-refractivity contribution >= 4 is 11.6 Å². The molecule has 1 saturated carbocycles. The second-order valence-electron chi connectivity index (χ2n) is 5.95. The lowest BCUT2D eigenvalue weighted by Crippen LogP contribution is -2.46. The summed E-state index contributed by atoms with van der Waals surface area (Å²) in [6.45, 7) is 4.16. The average Bonchev–Trinajstić information content (AvgIpc) is 2.99. The van der Waals surface area contributed by atoms with Gasteiger partial charge in [0, 0.05) is 37.8 Å². The first kappa shape index (κ1) is 14.2. The second kappa shape index (κ2) is 6.33. The molecule has 2 aliphatic rings. The lowest BCUT2D eigenvalue weighted by molar-refractivity contribution is 0.123. The third-order valence-electron chi connectivity index (χ3n) is 4.73. The molecule has 4 heteroatoms. The van der Waals surface area contributed by atoms with Crippen molar-refractivity contribution in [2.45, 2.75) is 31.7 Å². The van der Waals surface area contributed by atoms with Crippen molar-refractivity contribution in [3.63, 3.8) is 0 Å². The van der Waals surface area contributed by atoms with Crippen LogP contribution in [0.15, 0.2) is 18.2 Å². The topological polar surface area (TPSA) is 35.5 Å². The van der Waals surface area contributed by atoms with E-state index in [1.54, 1.807) is 6.07 Å². The summed E-state index contributed by atoms with van der Waals surface area (Å²) in [6.07, 6.45) is 5.16. The monoisotopic (exact) mass is 294 g/mol. The highest BCUT2D eigenvalue weighted by atomic mass is 35.5. The summed E-state index contributed by atoms with van der Waals surface area (Å²) >= 11 is 6.12. The second-order valence-corrected chi connectivity index (χ2v) is 6.36. The van der Waals surface area contributed by atoms with Gasteiger partial charge in [0.2, 0.25) is 0 Å². The van der Waals surface area contributed by atoms with E-state index < -0.39 is 0 Å². The summed E-state index contributed by atoms with van der Waals surface area (Å²) in [5.41, 5.74) is 1.02. The first-order valence-electron chi connectivity index (χ1n) is 7.69. The third kappa shape index (κ3) is 2.80. The maximum Gasteiger partial charge on any atom is 0.138 e. The van der Waals surface area contributed by atoms with E-state index in [0.717, 1.165) is 31.7 Å². The van der Waals surface area contributed by atoms with Crippen LogP contribution >= 0.6 is 11.6 Å². The first-order valence-corrected chi connectivity index (χ1v) is 8.07. The van der Waals surface area contributed by atoms with Gasteiger partial charge in [0.25, 0.3) is 0 Å². The summed E-state index contributed by atoms with van der Waals surface area (Å²) in [5.74, 6) is 0.932. The number of hydrogen-bond donors (Lipinski definition) is 2. The molecule has 3 rings (SSSR count). The zero-order chi connectivity index (χ0) is 13.9. The van der Waals surface area contributed by atoms with Crippen molar-refractivity contribution < 1.29 is 5.11 Å². The van der Waals surface area contributed by atoms with E-state index in [2.05, 4.69) is 10.2 Å². The van der Waals surface area contributed by atoms with E-state index in [4.69, 9.17) is 11.6 Å². The number of rotatable bonds is 3. The zero-order valence-electron chi connectivity index (χ0n) is 11.8. The van der Waals surface area contributed by atoms with E-state index in [1.807, 2.05) is 12.1 Å². The maximum absolute atomic E-state index is 10.4. The summed E-state index contributed by atoms with van der Waals surface area (Å²) in [4.78, 5) is 2.53. The fourth-order valence-corrected chi connectivity index (χ4v) is 3.93. The molecule has 1 aliphatic heterocycles. The molecule has 1 heterocycles. The Hall–Kier alpha value is -0.770. The number of benzene rings is 1. The quantitative estimate of drug-likeness (QED) is 0.899. The Bertz CT molecular complexity index is 454. The lowest BCUT2D eigenvalue weighted by Gasteiger charge is -2.39. The molecule has 0 aromatic heterocycles. The van der Waals surface area contributed by atoms with Crippen LogP contribution in [0.1, 0.15) is 37.3 Å². The molecule has 0 unspecified atom stereocenters. The standard InChI is InChI=1S/C16H23ClN2O/c17-14-7-3-6-13(16(14)20)15(12-4-1-2-5-12)19-10-8-18-9-11-19/h3,6-7,12,15,18,20H,1-2,4-5,8-11H2/t15-/m0/s1. The van der Waals surface area contributed by atoms with Gasteiger partial charge in [-0.15, -0.1) is 0 Å². The van der Waals surface area contributed by atoms with Gasteiger partial charge in [-0.3, -0.25) is 4.90 Å². The summed E-state index contributed by atoms with van der Waals surface area (Å²) in [7, 11) is 0. The molecule has 1 aliphatic carbocycles. The molecular weight excluding hydrogens is 272 g/mol. The summed E-state index contributed by atoms with van der Waals surface area (Å²) in [6, 6.07) is 6.09. The minimum absolute atomic E-state index is 0.282. The highest BCUT2D eigenvalue weighted by molar-refractivity contribution is 6.32. The van der Waals surface area contributed by atoms with Crippen LogP contribution in [0, 0.1) is 5.92 Å². The number of para-hydroxylation sites is 1. The average molecular weight is 295 g/mol. The number of halogens is 1. The van der Waals surface area contributed by atoms with E-state index >= 15 is 0 Å². The van der Waals surface area contributed by atoms with Crippen LogP contribution in [0.25, 0.3) is 0 Å². The minimum Gasteiger partial charge on any atom is -0.506 e. The largest absolute Gasteiger partial charge is 0.506 e. The molecule has 1 saturated heterocycles. The van der Waals surface area contributed by atoms with E-state index in [9.17, 15) is 5.11 Å². The Morgan fingerprint density at radius 1 is 1.20 bits per heavy atom. The molecule has 0 spiro atoms. The van der Waals surface area contributed by atoms with Crippen LogP contribution in [0.5, 0.6) is 5.75 Å². The van der Waals surface area contributed by atoms with Crippen molar-refractivity contribution in [1.29, 1.82) is 0 Å². The Balaban J connectivity index is 1.93. The summed E-state index contributed by atoms with van der Waals surface area (Å²) < 4.78 is 0. The number of aromatic hydroxyl groups is 1. The van der Waals surface area contributed by atoms with Gasteiger partial charge in [-0.25, -0.2) is 0 Å². The van der Waals surface area contributed by atoms with Crippen LogP contribution in [0.2, 0.25) is 5.02 Å². The molecule has 0 amide bonds. The van der Waals surface area contributed by atoms with Gasteiger partial charge < -0.3 is 10.4 Å². The van der Waals surface area contributed by atoms with Crippen molar-refractivity contribution in [3.8, 4) is 5.75 Å². The normalized spacial score (nSPS) is 23.1. The minimum atomic E-state index is 0.282. The predicted octanol–water partition coefficient (Wildman–Crippen LogP) is 3.18. The van der Waals surface area contributed by atoms with Gasteiger partial charge in [0.05, 0.1) is 5.02 Å². The van der Waals surface area contributed by atoms with Crippen LogP contribution in [0.4, 0.5) is 0 Å². The van der Waals surface area contributed by atoms with Gasteiger partial charge in [-0.2, -0.15) is 0 Å². The first-order chi connectivity index (χ1) is 9.77. The fraction of sp³-hybridized carbons (Fsp3) is 0.625. The molecule has 20 heavy (non-hydrogen) atoms. The predicted molar refractivity (Wildman–Crippen MR) is 82.3 cm³/mol. The SMILES string of the molecule is Oc1c(Cl)cccc1[C@H](C1CCCC1)N1CCNCC1. The number of nitrogens with one attached hydrogen (secondary N) is 1. The van der Waals surface area contributed by atoms with Crippen molar-refractivity contribution in [2.24, 2.45) is 5.92 Å². The maximum atomic E-state index is 10.4. The summed E-state index contributed by atoms with van der Waals surface area (Å²) in [5, 5.41) is 14.3. The Labute approximate surface area is 125 Å². The van der Waals surface area contributed by atoms with E-state index in [1.165, 1.54) is 25.7 Å². The lowest BCUT2D eigenvalue weighted by atomic mass is 9.89. The highest BCUT2D eigenvalue weighted by Crippen LogP contribution is 2.44. The number of piperazine rings is 1. The van der Waals surface area contributed by atoms with Crippen LogP contribution < -0.4 is 5.32 Å². The molecule has 1 aromatic carbocycles. The fourth-order valence-electron chi connectivity index (χ4n) is 3.75. The van der Waals surface area contributed by atoms with Gasteiger partial charge in [-0.1, -0.05) is 36.6 Å². The van der Waals surface area contributed by atoms with Crippen molar-refractivity contribution in [3.05, 3.63) is 28.8 Å². The number of phenols is 1. The number of nitrogens with zero attached hydrogens (tertiary/aromatic N) is 1. The molecule has 0 radical (unpaired) electrons. The van der Waals surface area contributed by atoms with E-state index in [-0.39, 0.29) is 5.75 Å². The Morgan fingerprint density at radius 3 is 2.60 bits per heavy atom. The Kier molecular flexibility index (Phi) is 4.49. The van der Waals surface area contributed by atoms with Crippen LogP contribution in [-0.4, -0.2) is 36.2 Å². The van der Waals surface area contributed by atoms with Crippen LogP contribution in [-0.2, 0) is 0 Å².